The molecule has 1 fully saturated rings. The zero-order valence-corrected chi connectivity index (χ0v) is 15.0. The van der Waals surface area contributed by atoms with Crippen LogP contribution < -0.4 is 4.90 Å². The molecular weight excluding hydrogens is 359 g/mol. The first kappa shape index (κ1) is 17.8. The lowest BCUT2D eigenvalue weighted by Crippen LogP contribution is -2.42. The summed E-state index contributed by atoms with van der Waals surface area (Å²) in [4.78, 5) is 23.0. The van der Waals surface area contributed by atoms with Crippen molar-refractivity contribution >= 4 is 11.9 Å². The molecule has 1 saturated heterocycles. The van der Waals surface area contributed by atoms with Gasteiger partial charge < -0.3 is 0 Å². The van der Waals surface area contributed by atoms with Gasteiger partial charge in [0.2, 0.25) is 11.9 Å². The van der Waals surface area contributed by atoms with Crippen molar-refractivity contribution in [3.63, 3.8) is 0 Å². The van der Waals surface area contributed by atoms with Gasteiger partial charge in [-0.25, -0.2) is 9.49 Å². The van der Waals surface area contributed by atoms with Crippen LogP contribution in [0.3, 0.4) is 0 Å². The van der Waals surface area contributed by atoms with Crippen molar-refractivity contribution in [3.8, 4) is 17.5 Å². The van der Waals surface area contributed by atoms with E-state index in [1.807, 2.05) is 0 Å². The van der Waals surface area contributed by atoms with E-state index in [0.717, 1.165) is 18.4 Å². The summed E-state index contributed by atoms with van der Waals surface area (Å²) in [6, 6.07) is 9.89. The minimum atomic E-state index is -0.558. The molecule has 2 aromatic heterocycles. The van der Waals surface area contributed by atoms with Gasteiger partial charge in [-0.1, -0.05) is 6.07 Å². The fraction of sp³-hybridized carbons (Fsp3) is 0.250. The number of amides is 1. The first-order valence-electron chi connectivity index (χ1n) is 8.98. The molecule has 1 aromatic carbocycles. The number of H-pyrrole nitrogens is 1. The summed E-state index contributed by atoms with van der Waals surface area (Å²) in [5, 5.41) is 15.9. The summed E-state index contributed by atoms with van der Waals surface area (Å²) in [5.41, 5.74) is 1.52. The third-order valence-corrected chi connectivity index (χ3v) is 4.85. The lowest BCUT2D eigenvalue weighted by atomic mass is 9.90. The van der Waals surface area contributed by atoms with Crippen molar-refractivity contribution in [1.29, 1.82) is 5.26 Å². The Hall–Kier alpha value is -3.60. The van der Waals surface area contributed by atoms with E-state index in [1.54, 1.807) is 41.6 Å². The smallest absolute Gasteiger partial charge is 0.232 e. The van der Waals surface area contributed by atoms with E-state index in [9.17, 15) is 9.18 Å². The lowest BCUT2D eigenvalue weighted by Gasteiger charge is -2.30. The maximum Gasteiger partial charge on any atom is 0.232 e. The highest BCUT2D eigenvalue weighted by molar-refractivity contribution is 5.94. The number of hydrogen-bond acceptors (Lipinski definition) is 5. The van der Waals surface area contributed by atoms with Crippen LogP contribution in [0, 0.1) is 23.1 Å². The summed E-state index contributed by atoms with van der Waals surface area (Å²) in [6.07, 6.45) is 5.28. The standard InChI is InChI=1S/C20H17FN6O/c21-17-11-13(3-4-16(17)12-22)10-15-2-1-9-27(19(15)28)20-24-18(25-26-20)14-5-7-23-8-6-14/h3-8,11,15H,1-2,9-10H2,(H,24,25,26)/t15-/m0/s1. The summed E-state index contributed by atoms with van der Waals surface area (Å²) < 4.78 is 13.9. The van der Waals surface area contributed by atoms with Crippen LogP contribution in [0.1, 0.15) is 24.0 Å². The number of nitrogens with one attached hydrogen (secondary N) is 1. The molecule has 140 valence electrons. The van der Waals surface area contributed by atoms with Gasteiger partial charge in [-0.3, -0.25) is 14.7 Å². The Labute approximate surface area is 160 Å². The summed E-state index contributed by atoms with van der Waals surface area (Å²) in [7, 11) is 0. The number of hydrogen-bond donors (Lipinski definition) is 1. The molecule has 1 atom stereocenters. The van der Waals surface area contributed by atoms with E-state index >= 15 is 0 Å². The average Bonchev–Trinajstić information content (AvgIpc) is 3.20. The fourth-order valence-electron chi connectivity index (χ4n) is 3.41. The maximum absolute atomic E-state index is 13.9. The summed E-state index contributed by atoms with van der Waals surface area (Å²) >= 11 is 0. The van der Waals surface area contributed by atoms with Gasteiger partial charge in [0, 0.05) is 30.4 Å². The molecule has 8 heteroatoms. The number of halogens is 1. The van der Waals surface area contributed by atoms with Crippen molar-refractivity contribution < 1.29 is 9.18 Å². The Bertz CT molecular complexity index is 1040. The highest BCUT2D eigenvalue weighted by Crippen LogP contribution is 2.26. The molecule has 0 bridgehead atoms. The molecule has 1 aliphatic rings. The molecule has 3 heterocycles. The molecule has 4 rings (SSSR count). The van der Waals surface area contributed by atoms with Crippen molar-refractivity contribution in [3.05, 3.63) is 59.7 Å². The van der Waals surface area contributed by atoms with Crippen LogP contribution >= 0.6 is 0 Å². The molecule has 1 N–H and O–H groups in total. The number of nitriles is 1. The molecule has 0 unspecified atom stereocenters. The van der Waals surface area contributed by atoms with Gasteiger partial charge >= 0.3 is 0 Å². The second-order valence-electron chi connectivity index (χ2n) is 6.68. The van der Waals surface area contributed by atoms with Gasteiger partial charge in [-0.05, 0) is 49.1 Å². The number of aromatic amines is 1. The number of anilines is 1. The summed E-state index contributed by atoms with van der Waals surface area (Å²) in [6.45, 7) is 0.558. The third kappa shape index (κ3) is 3.47. The molecule has 7 nitrogen and oxygen atoms in total. The number of nitrogens with zero attached hydrogens (tertiary/aromatic N) is 5. The maximum atomic E-state index is 13.9. The first-order valence-corrected chi connectivity index (χ1v) is 8.98. The van der Waals surface area contributed by atoms with Gasteiger partial charge in [-0.15, -0.1) is 0 Å². The largest absolute Gasteiger partial charge is 0.281 e. The topological polar surface area (TPSA) is 98.6 Å². The monoisotopic (exact) mass is 376 g/mol. The van der Waals surface area contributed by atoms with Gasteiger partial charge in [0.15, 0.2) is 5.82 Å². The van der Waals surface area contributed by atoms with Crippen LogP contribution in [0.5, 0.6) is 0 Å². The quantitative estimate of drug-likeness (QED) is 0.755. The van der Waals surface area contributed by atoms with Crippen molar-refractivity contribution in [2.24, 2.45) is 5.92 Å². The minimum Gasteiger partial charge on any atom is -0.281 e. The number of carbonyl (C=O) groups excluding carboxylic acids is 1. The third-order valence-electron chi connectivity index (χ3n) is 4.85. The predicted octanol–water partition coefficient (Wildman–Crippen LogP) is 2.86. The molecule has 28 heavy (non-hydrogen) atoms. The molecule has 1 aliphatic heterocycles. The number of aromatic nitrogens is 4. The number of benzene rings is 1. The van der Waals surface area contributed by atoms with Crippen molar-refractivity contribution in [2.45, 2.75) is 19.3 Å². The van der Waals surface area contributed by atoms with E-state index in [2.05, 4.69) is 20.2 Å². The second kappa shape index (κ2) is 7.56. The van der Waals surface area contributed by atoms with Crippen LogP contribution in [0.15, 0.2) is 42.7 Å². The minimum absolute atomic E-state index is 0.00523. The Balaban J connectivity index is 1.51. The molecule has 1 amide bonds. The van der Waals surface area contributed by atoms with Crippen molar-refractivity contribution in [2.75, 3.05) is 11.4 Å². The van der Waals surface area contributed by atoms with E-state index in [-0.39, 0.29) is 17.4 Å². The zero-order valence-electron chi connectivity index (χ0n) is 15.0. The van der Waals surface area contributed by atoms with Crippen molar-refractivity contribution in [1.82, 2.24) is 20.2 Å². The molecule has 0 spiro atoms. The van der Waals surface area contributed by atoms with Gasteiger partial charge in [0.05, 0.1) is 5.56 Å². The fourth-order valence-corrected chi connectivity index (χ4v) is 3.41. The number of pyridine rings is 1. The second-order valence-corrected chi connectivity index (χ2v) is 6.68. The Kier molecular flexibility index (Phi) is 4.81. The average molecular weight is 376 g/mol. The van der Waals surface area contributed by atoms with Crippen LogP contribution in [-0.2, 0) is 11.2 Å². The lowest BCUT2D eigenvalue weighted by molar-refractivity contribution is -0.123. The molecule has 3 aromatic rings. The Morgan fingerprint density at radius 2 is 2.11 bits per heavy atom. The first-order chi connectivity index (χ1) is 13.7. The van der Waals surface area contributed by atoms with E-state index in [0.29, 0.717) is 30.3 Å². The number of piperidine rings is 1. The Morgan fingerprint density at radius 3 is 2.86 bits per heavy atom. The highest BCUT2D eigenvalue weighted by atomic mass is 19.1. The van der Waals surface area contributed by atoms with Gasteiger partial charge in [0.25, 0.3) is 0 Å². The van der Waals surface area contributed by atoms with E-state index in [1.165, 1.54) is 12.1 Å². The predicted molar refractivity (Wildman–Crippen MR) is 99.5 cm³/mol. The van der Waals surface area contributed by atoms with Crippen LogP contribution in [0.2, 0.25) is 0 Å². The normalized spacial score (nSPS) is 16.8. The Morgan fingerprint density at radius 1 is 1.29 bits per heavy atom. The SMILES string of the molecule is N#Cc1ccc(C[C@@H]2CCCN(c3nc(-c4ccncc4)n[nH]3)C2=O)cc1F. The van der Waals surface area contributed by atoms with E-state index in [4.69, 9.17) is 5.26 Å². The summed E-state index contributed by atoms with van der Waals surface area (Å²) in [5.74, 6) is 0.0235. The molecule has 0 saturated carbocycles. The molecule has 0 aliphatic carbocycles. The number of carbonyl (C=O) groups is 1. The van der Waals surface area contributed by atoms with Crippen LogP contribution in [0.25, 0.3) is 11.4 Å². The van der Waals surface area contributed by atoms with Crippen LogP contribution in [-0.4, -0.2) is 32.6 Å². The number of rotatable bonds is 4. The van der Waals surface area contributed by atoms with Crippen LogP contribution in [0.4, 0.5) is 10.3 Å². The van der Waals surface area contributed by atoms with E-state index < -0.39 is 5.82 Å². The molecule has 0 radical (unpaired) electrons. The zero-order chi connectivity index (χ0) is 19.5. The van der Waals surface area contributed by atoms with Gasteiger partial charge in [0.1, 0.15) is 11.9 Å². The van der Waals surface area contributed by atoms with Gasteiger partial charge in [-0.2, -0.15) is 15.3 Å². The molecular formula is C20H17FN6O. The highest BCUT2D eigenvalue weighted by Gasteiger charge is 2.31.